The number of hydrogen-bond donors (Lipinski definition) is 0. The molecule has 142 valence electrons. The molecule has 6 nitrogen and oxygen atoms in total. The van der Waals surface area contributed by atoms with Crippen molar-refractivity contribution in [1.29, 1.82) is 5.26 Å². The van der Waals surface area contributed by atoms with Crippen LogP contribution in [0.4, 0.5) is 0 Å². The third-order valence-corrected chi connectivity index (χ3v) is 4.74. The zero-order chi connectivity index (χ0) is 20.1. The van der Waals surface area contributed by atoms with Crippen molar-refractivity contribution in [3.63, 3.8) is 0 Å². The molecule has 2 aromatic heterocycles. The van der Waals surface area contributed by atoms with E-state index >= 15 is 0 Å². The van der Waals surface area contributed by atoms with Crippen LogP contribution in [0.3, 0.4) is 0 Å². The first-order valence-electron chi connectivity index (χ1n) is 9.29. The molecular weight excluding hydrogens is 350 g/mol. The molecular formula is C22H23N5O. The van der Waals surface area contributed by atoms with Gasteiger partial charge in [-0.2, -0.15) is 10.4 Å². The highest BCUT2D eigenvalue weighted by atomic mass is 16.2. The molecule has 6 heteroatoms. The number of rotatable bonds is 6. The average Bonchev–Trinajstić information content (AvgIpc) is 3.21. The molecule has 0 atom stereocenters. The molecule has 2 heterocycles. The number of pyridine rings is 1. The molecule has 0 saturated heterocycles. The van der Waals surface area contributed by atoms with Gasteiger partial charge in [-0.15, -0.1) is 0 Å². The fraction of sp³-hybridized carbons (Fsp3) is 0.273. The predicted molar refractivity (Wildman–Crippen MR) is 108 cm³/mol. The number of amides is 1. The first kappa shape index (κ1) is 19.3. The van der Waals surface area contributed by atoms with E-state index in [9.17, 15) is 10.1 Å². The molecule has 0 fully saturated rings. The lowest BCUT2D eigenvalue weighted by Gasteiger charge is -2.21. The van der Waals surface area contributed by atoms with Crippen molar-refractivity contribution >= 4 is 5.91 Å². The van der Waals surface area contributed by atoms with E-state index in [-0.39, 0.29) is 5.91 Å². The Morgan fingerprint density at radius 1 is 1.25 bits per heavy atom. The van der Waals surface area contributed by atoms with Crippen molar-refractivity contribution in [2.45, 2.75) is 27.3 Å². The van der Waals surface area contributed by atoms with Gasteiger partial charge in [-0.25, -0.2) is 0 Å². The molecule has 3 aromatic rings. The first-order valence-corrected chi connectivity index (χ1v) is 9.29. The highest BCUT2D eigenvalue weighted by Crippen LogP contribution is 2.23. The fourth-order valence-electron chi connectivity index (χ4n) is 3.20. The van der Waals surface area contributed by atoms with Crippen molar-refractivity contribution in [3.8, 4) is 17.3 Å². The second-order valence-corrected chi connectivity index (χ2v) is 6.63. The SMILES string of the molecule is CCN(CCn1cccn1)C(=O)c1cccc(-c2cc(C)c(C#N)c(C)n2)c1. The number of nitrogens with zero attached hydrogens (tertiary/aromatic N) is 5. The molecule has 0 aliphatic rings. The Kier molecular flexibility index (Phi) is 5.85. The number of benzene rings is 1. The van der Waals surface area contributed by atoms with Crippen molar-refractivity contribution in [3.05, 3.63) is 71.2 Å². The minimum Gasteiger partial charge on any atom is -0.337 e. The van der Waals surface area contributed by atoms with Gasteiger partial charge in [0, 0.05) is 36.6 Å². The number of carbonyl (C=O) groups excluding carboxylic acids is 1. The van der Waals surface area contributed by atoms with Crippen molar-refractivity contribution < 1.29 is 4.79 Å². The number of aryl methyl sites for hydroxylation is 2. The lowest BCUT2D eigenvalue weighted by molar-refractivity contribution is 0.0757. The number of hydrogen-bond acceptors (Lipinski definition) is 4. The molecule has 28 heavy (non-hydrogen) atoms. The Hall–Kier alpha value is -3.46. The summed E-state index contributed by atoms with van der Waals surface area (Å²) in [5, 5.41) is 13.4. The van der Waals surface area contributed by atoms with Gasteiger partial charge in [0.15, 0.2) is 0 Å². The van der Waals surface area contributed by atoms with Gasteiger partial charge in [0.1, 0.15) is 6.07 Å². The topological polar surface area (TPSA) is 74.8 Å². The summed E-state index contributed by atoms with van der Waals surface area (Å²) in [6.07, 6.45) is 3.62. The number of nitriles is 1. The standard InChI is InChI=1S/C22H23N5O/c1-4-26(11-12-27-10-6-9-24-27)22(28)19-8-5-7-18(14-19)21-13-16(2)20(15-23)17(3)25-21/h5-10,13-14H,4,11-12H2,1-3H3. The van der Waals surface area contributed by atoms with E-state index in [2.05, 4.69) is 16.2 Å². The Morgan fingerprint density at radius 3 is 2.71 bits per heavy atom. The van der Waals surface area contributed by atoms with Crippen molar-refractivity contribution in [2.75, 3.05) is 13.1 Å². The van der Waals surface area contributed by atoms with Gasteiger partial charge in [0.05, 0.1) is 23.5 Å². The summed E-state index contributed by atoms with van der Waals surface area (Å²) < 4.78 is 1.82. The van der Waals surface area contributed by atoms with Crippen LogP contribution in [-0.2, 0) is 6.54 Å². The molecule has 0 spiro atoms. The summed E-state index contributed by atoms with van der Waals surface area (Å²) in [6.45, 7) is 7.58. The van der Waals surface area contributed by atoms with Gasteiger partial charge in [-0.1, -0.05) is 12.1 Å². The van der Waals surface area contributed by atoms with Gasteiger partial charge < -0.3 is 4.90 Å². The zero-order valence-corrected chi connectivity index (χ0v) is 16.4. The number of likely N-dealkylation sites (N-methyl/N-ethyl adjacent to an activating group) is 1. The van der Waals surface area contributed by atoms with Crippen molar-refractivity contribution in [1.82, 2.24) is 19.7 Å². The molecule has 1 amide bonds. The fourth-order valence-corrected chi connectivity index (χ4v) is 3.20. The minimum absolute atomic E-state index is 0.0152. The van der Waals surface area contributed by atoms with E-state index in [4.69, 9.17) is 0 Å². The summed E-state index contributed by atoms with van der Waals surface area (Å²) in [4.78, 5) is 19.3. The normalized spacial score (nSPS) is 10.5. The van der Waals surface area contributed by atoms with Crippen LogP contribution in [0, 0.1) is 25.2 Å². The highest BCUT2D eigenvalue weighted by molar-refractivity contribution is 5.95. The molecule has 1 aromatic carbocycles. The van der Waals surface area contributed by atoms with Crippen LogP contribution in [0.2, 0.25) is 0 Å². The van der Waals surface area contributed by atoms with E-state index in [1.807, 2.05) is 72.9 Å². The van der Waals surface area contributed by atoms with Crippen LogP contribution in [-0.4, -0.2) is 38.7 Å². The third-order valence-electron chi connectivity index (χ3n) is 4.74. The maximum atomic E-state index is 13.0. The van der Waals surface area contributed by atoms with Gasteiger partial charge >= 0.3 is 0 Å². The second-order valence-electron chi connectivity index (χ2n) is 6.63. The maximum absolute atomic E-state index is 13.0. The van der Waals surface area contributed by atoms with E-state index in [0.717, 1.165) is 16.8 Å². The van der Waals surface area contributed by atoms with Gasteiger partial charge in [0.25, 0.3) is 5.91 Å². The van der Waals surface area contributed by atoms with Gasteiger partial charge in [-0.05, 0) is 50.6 Å². The van der Waals surface area contributed by atoms with Crippen LogP contribution in [0.15, 0.2) is 48.8 Å². The van der Waals surface area contributed by atoms with Crippen LogP contribution >= 0.6 is 0 Å². The van der Waals surface area contributed by atoms with E-state index in [1.54, 1.807) is 6.20 Å². The third kappa shape index (κ3) is 4.09. The molecule has 0 bridgehead atoms. The summed E-state index contributed by atoms with van der Waals surface area (Å²) in [7, 11) is 0. The molecule has 0 saturated carbocycles. The minimum atomic E-state index is -0.0152. The first-order chi connectivity index (χ1) is 13.5. The largest absolute Gasteiger partial charge is 0.337 e. The maximum Gasteiger partial charge on any atom is 0.253 e. The molecule has 0 aliphatic carbocycles. The van der Waals surface area contributed by atoms with Crippen molar-refractivity contribution in [2.24, 2.45) is 0 Å². The predicted octanol–water partition coefficient (Wildman–Crippen LogP) is 3.60. The summed E-state index contributed by atoms with van der Waals surface area (Å²) in [6, 6.07) is 13.5. The van der Waals surface area contributed by atoms with E-state index in [1.165, 1.54) is 0 Å². The lowest BCUT2D eigenvalue weighted by Crippen LogP contribution is -2.33. The van der Waals surface area contributed by atoms with Crippen LogP contribution in [0.25, 0.3) is 11.3 Å². The van der Waals surface area contributed by atoms with E-state index in [0.29, 0.717) is 36.5 Å². The van der Waals surface area contributed by atoms with Crippen LogP contribution in [0.1, 0.15) is 34.1 Å². The second kappa shape index (κ2) is 8.49. The summed E-state index contributed by atoms with van der Waals surface area (Å²) in [5.74, 6) is -0.0152. The smallest absolute Gasteiger partial charge is 0.253 e. The van der Waals surface area contributed by atoms with Gasteiger partial charge in [0.2, 0.25) is 0 Å². The Bertz CT molecular complexity index is 995. The number of aromatic nitrogens is 3. The quantitative estimate of drug-likeness (QED) is 0.662. The average molecular weight is 373 g/mol. The molecule has 0 unspecified atom stereocenters. The highest BCUT2D eigenvalue weighted by Gasteiger charge is 2.16. The Balaban J connectivity index is 1.84. The van der Waals surface area contributed by atoms with Crippen LogP contribution < -0.4 is 0 Å². The molecule has 0 aliphatic heterocycles. The molecule has 0 N–H and O–H groups in total. The number of carbonyl (C=O) groups is 1. The summed E-state index contributed by atoms with van der Waals surface area (Å²) >= 11 is 0. The Morgan fingerprint density at radius 2 is 2.07 bits per heavy atom. The summed E-state index contributed by atoms with van der Waals surface area (Å²) in [5.41, 5.74) is 4.45. The van der Waals surface area contributed by atoms with E-state index < -0.39 is 0 Å². The van der Waals surface area contributed by atoms with Crippen LogP contribution in [0.5, 0.6) is 0 Å². The monoisotopic (exact) mass is 373 g/mol. The molecule has 0 radical (unpaired) electrons. The Labute approximate surface area is 165 Å². The lowest BCUT2D eigenvalue weighted by atomic mass is 10.0. The molecule has 3 rings (SSSR count). The van der Waals surface area contributed by atoms with Gasteiger partial charge in [-0.3, -0.25) is 14.5 Å². The zero-order valence-electron chi connectivity index (χ0n) is 16.4.